The summed E-state index contributed by atoms with van der Waals surface area (Å²) in [6.07, 6.45) is 1.90. The Balaban J connectivity index is 0.00000361. The number of ether oxygens (including phenoxy) is 1. The van der Waals surface area contributed by atoms with Crippen LogP contribution >= 0.6 is 0 Å². The normalized spacial score (nSPS) is 12.3. The van der Waals surface area contributed by atoms with Crippen LogP contribution in [0.5, 0.6) is 11.5 Å². The van der Waals surface area contributed by atoms with Gasteiger partial charge in [-0.3, -0.25) is 0 Å². The summed E-state index contributed by atoms with van der Waals surface area (Å²) in [6.45, 7) is 5.00. The molecule has 0 N–H and O–H groups in total. The SMILES string of the molecule is Cc1cccc(C)c1-c1ccnc(-n2c3[c-]c(Oc4[c-]c(N5CN(c6ccccc6)c6ccccc65)ccc4)ccc3c3ccccc32)c1.[Pt+2]. The van der Waals surface area contributed by atoms with Crippen molar-refractivity contribution in [3.05, 3.63) is 169 Å². The summed E-state index contributed by atoms with van der Waals surface area (Å²) < 4.78 is 8.70. The van der Waals surface area contributed by atoms with Gasteiger partial charge < -0.3 is 19.1 Å². The molecule has 5 nitrogen and oxygen atoms in total. The zero-order valence-corrected chi connectivity index (χ0v) is 29.8. The van der Waals surface area contributed by atoms with Crippen LogP contribution in [0.2, 0.25) is 0 Å². The second-order valence-corrected chi connectivity index (χ2v) is 12.4. The second kappa shape index (κ2) is 13.0. The first-order chi connectivity index (χ1) is 24.1. The topological polar surface area (TPSA) is 33.5 Å². The fourth-order valence-electron chi connectivity index (χ4n) is 7.16. The summed E-state index contributed by atoms with van der Waals surface area (Å²) in [7, 11) is 0. The van der Waals surface area contributed by atoms with Crippen LogP contribution in [0, 0.1) is 26.0 Å². The fraction of sp³-hybridized carbons (Fsp3) is 0.0682. The average molecular weight is 828 g/mol. The van der Waals surface area contributed by atoms with Gasteiger partial charge in [-0.25, -0.2) is 4.98 Å². The standard InChI is InChI=1S/C44H32N4O.Pt/c1-30-12-10-13-31(2)44(30)32-24-25-45-43(26-32)48-39-19-7-6-18-37(39)38-23-22-36(28-42(38)48)49-35-17-11-16-34(27-35)47-29-46(33-14-4-3-5-15-33)40-20-8-9-21-41(40)47;/h3-26H,29H2,1-2H3;/q-2;+2. The van der Waals surface area contributed by atoms with Gasteiger partial charge in [-0.05, 0) is 84.0 Å². The van der Waals surface area contributed by atoms with E-state index in [-0.39, 0.29) is 21.1 Å². The molecule has 0 unspecified atom stereocenters. The number of benzene rings is 6. The van der Waals surface area contributed by atoms with Crippen molar-refractivity contribution in [3.8, 4) is 28.4 Å². The minimum absolute atomic E-state index is 0. The van der Waals surface area contributed by atoms with E-state index in [0.717, 1.165) is 55.9 Å². The van der Waals surface area contributed by atoms with Crippen LogP contribution in [0.25, 0.3) is 38.8 Å². The smallest absolute Gasteiger partial charge is 0.509 e. The van der Waals surface area contributed by atoms with E-state index in [0.29, 0.717) is 18.2 Å². The Bertz CT molecular complexity index is 2490. The van der Waals surface area contributed by atoms with Crippen molar-refractivity contribution in [1.82, 2.24) is 9.55 Å². The van der Waals surface area contributed by atoms with Gasteiger partial charge >= 0.3 is 21.1 Å². The molecule has 9 rings (SSSR count). The Hall–Kier alpha value is -5.64. The molecule has 2 aromatic heterocycles. The van der Waals surface area contributed by atoms with Crippen molar-refractivity contribution in [2.75, 3.05) is 16.5 Å². The summed E-state index contributed by atoms with van der Waals surface area (Å²) >= 11 is 0. The van der Waals surface area contributed by atoms with Crippen LogP contribution in [0.1, 0.15) is 11.1 Å². The van der Waals surface area contributed by atoms with Crippen molar-refractivity contribution >= 4 is 44.6 Å². The number of fused-ring (bicyclic) bond motifs is 4. The molecule has 1 aliphatic heterocycles. The van der Waals surface area contributed by atoms with E-state index in [1.807, 2.05) is 30.5 Å². The average Bonchev–Trinajstić information content (AvgIpc) is 3.68. The molecule has 0 atom stereocenters. The molecule has 0 spiro atoms. The quantitative estimate of drug-likeness (QED) is 0.156. The Morgan fingerprint density at radius 3 is 2.14 bits per heavy atom. The van der Waals surface area contributed by atoms with Gasteiger partial charge in [-0.1, -0.05) is 77.9 Å². The first-order valence-corrected chi connectivity index (χ1v) is 16.5. The van der Waals surface area contributed by atoms with Gasteiger partial charge in [-0.15, -0.1) is 35.7 Å². The predicted octanol–water partition coefficient (Wildman–Crippen LogP) is 11.1. The Labute approximate surface area is 306 Å². The van der Waals surface area contributed by atoms with Crippen LogP contribution in [0.15, 0.2) is 146 Å². The minimum atomic E-state index is 0. The number of hydrogen-bond acceptors (Lipinski definition) is 4. The van der Waals surface area contributed by atoms with Crippen molar-refractivity contribution in [3.63, 3.8) is 0 Å². The Morgan fingerprint density at radius 1 is 0.620 bits per heavy atom. The van der Waals surface area contributed by atoms with E-state index in [2.05, 4.69) is 156 Å². The summed E-state index contributed by atoms with van der Waals surface area (Å²) in [6, 6.07) is 55.4. The summed E-state index contributed by atoms with van der Waals surface area (Å²) in [4.78, 5) is 9.46. The second-order valence-electron chi connectivity index (χ2n) is 12.4. The number of anilines is 4. The van der Waals surface area contributed by atoms with E-state index < -0.39 is 0 Å². The number of aryl methyl sites for hydroxylation is 2. The van der Waals surface area contributed by atoms with Crippen LogP contribution in [-0.2, 0) is 21.1 Å². The third kappa shape index (κ3) is 5.44. The monoisotopic (exact) mass is 827 g/mol. The molecular weight excluding hydrogens is 796 g/mol. The first kappa shape index (κ1) is 31.6. The number of aromatic nitrogens is 2. The van der Waals surface area contributed by atoms with Gasteiger partial charge in [0.15, 0.2) is 0 Å². The molecular formula is C44H32N4OPt. The van der Waals surface area contributed by atoms with Gasteiger partial charge in [0.2, 0.25) is 0 Å². The number of pyridine rings is 1. The molecule has 0 radical (unpaired) electrons. The summed E-state index contributed by atoms with van der Waals surface area (Å²) in [5, 5.41) is 2.23. The zero-order chi connectivity index (χ0) is 32.9. The van der Waals surface area contributed by atoms with Crippen LogP contribution in [0.4, 0.5) is 22.7 Å². The molecule has 0 aliphatic carbocycles. The molecule has 0 amide bonds. The van der Waals surface area contributed by atoms with Gasteiger partial charge in [0, 0.05) is 28.9 Å². The minimum Gasteiger partial charge on any atom is -0.509 e. The maximum absolute atomic E-state index is 6.51. The molecule has 0 fully saturated rings. The summed E-state index contributed by atoms with van der Waals surface area (Å²) in [5.41, 5.74) is 11.2. The largest absolute Gasteiger partial charge is 2.00 e. The maximum atomic E-state index is 6.51. The van der Waals surface area contributed by atoms with E-state index in [1.54, 1.807) is 0 Å². The molecule has 1 aliphatic rings. The number of hydrogen-bond donors (Lipinski definition) is 0. The molecule has 0 saturated carbocycles. The van der Waals surface area contributed by atoms with E-state index in [1.165, 1.54) is 16.7 Å². The molecule has 0 saturated heterocycles. The van der Waals surface area contributed by atoms with Gasteiger partial charge in [0.05, 0.1) is 18.0 Å². The molecule has 6 heteroatoms. The molecule has 50 heavy (non-hydrogen) atoms. The van der Waals surface area contributed by atoms with Crippen molar-refractivity contribution < 1.29 is 25.8 Å². The van der Waals surface area contributed by atoms with Crippen LogP contribution < -0.4 is 14.5 Å². The molecule has 8 aromatic rings. The Kier molecular flexibility index (Phi) is 8.22. The Morgan fingerprint density at radius 2 is 1.32 bits per heavy atom. The number of nitrogens with zero attached hydrogens (tertiary/aromatic N) is 4. The zero-order valence-electron chi connectivity index (χ0n) is 27.6. The third-order valence-corrected chi connectivity index (χ3v) is 9.38. The van der Waals surface area contributed by atoms with E-state index >= 15 is 0 Å². The van der Waals surface area contributed by atoms with Crippen molar-refractivity contribution in [2.24, 2.45) is 0 Å². The summed E-state index contributed by atoms with van der Waals surface area (Å²) in [5.74, 6) is 2.08. The molecule has 0 bridgehead atoms. The molecule has 3 heterocycles. The van der Waals surface area contributed by atoms with Crippen molar-refractivity contribution in [1.29, 1.82) is 0 Å². The fourth-order valence-corrected chi connectivity index (χ4v) is 7.16. The maximum Gasteiger partial charge on any atom is 2.00 e. The van der Waals surface area contributed by atoms with Gasteiger partial charge in [-0.2, -0.15) is 12.1 Å². The van der Waals surface area contributed by atoms with Gasteiger partial charge in [0.1, 0.15) is 5.82 Å². The molecule has 244 valence electrons. The first-order valence-electron chi connectivity index (χ1n) is 16.5. The van der Waals surface area contributed by atoms with E-state index in [9.17, 15) is 0 Å². The predicted molar refractivity (Wildman–Crippen MR) is 200 cm³/mol. The van der Waals surface area contributed by atoms with Crippen LogP contribution in [0.3, 0.4) is 0 Å². The van der Waals surface area contributed by atoms with Gasteiger partial charge in [0.25, 0.3) is 0 Å². The van der Waals surface area contributed by atoms with Crippen LogP contribution in [-0.4, -0.2) is 16.2 Å². The number of rotatable bonds is 6. The molecule has 6 aromatic carbocycles. The van der Waals surface area contributed by atoms with E-state index in [4.69, 9.17) is 9.72 Å². The number of para-hydroxylation sites is 4. The third-order valence-electron chi connectivity index (χ3n) is 9.38. The van der Waals surface area contributed by atoms with Crippen molar-refractivity contribution in [2.45, 2.75) is 13.8 Å².